The smallest absolute Gasteiger partial charge is 0.251 e. The van der Waals surface area contributed by atoms with Gasteiger partial charge in [-0.3, -0.25) is 4.79 Å². The fourth-order valence-electron chi connectivity index (χ4n) is 2.58. The van der Waals surface area contributed by atoms with Crippen LogP contribution in [0.25, 0.3) is 11.0 Å². The molecule has 124 valence electrons. The van der Waals surface area contributed by atoms with Gasteiger partial charge in [-0.05, 0) is 36.4 Å². The third-order valence-electron chi connectivity index (χ3n) is 3.94. The number of hydrogen-bond donors (Lipinski definition) is 1. The first kappa shape index (κ1) is 16.0. The molecule has 24 heavy (non-hydrogen) atoms. The molecule has 2 aromatic carbocycles. The van der Waals surface area contributed by atoms with Crippen LogP contribution >= 0.6 is 0 Å². The molecule has 0 bridgehead atoms. The predicted octanol–water partition coefficient (Wildman–Crippen LogP) is 2.69. The monoisotopic (exact) mass is 327 g/mol. The number of amides is 1. The van der Waals surface area contributed by atoms with Gasteiger partial charge in [0.2, 0.25) is 0 Å². The zero-order valence-electron chi connectivity index (χ0n) is 13.5. The van der Waals surface area contributed by atoms with E-state index in [1.54, 1.807) is 37.4 Å². The van der Waals surface area contributed by atoms with Crippen molar-refractivity contribution in [1.82, 2.24) is 14.9 Å². The van der Waals surface area contributed by atoms with Crippen LogP contribution in [0.1, 0.15) is 16.2 Å². The summed E-state index contributed by atoms with van der Waals surface area (Å²) in [6.07, 6.45) is 0.520. The quantitative estimate of drug-likeness (QED) is 0.784. The minimum absolute atomic E-state index is 0.164. The van der Waals surface area contributed by atoms with Crippen LogP contribution in [-0.2, 0) is 13.5 Å². The van der Waals surface area contributed by atoms with Gasteiger partial charge in [-0.1, -0.05) is 6.07 Å². The number of nitrogens with one attached hydrogen (secondary N) is 1. The number of nitrogens with zero attached hydrogens (tertiary/aromatic N) is 2. The SMILES string of the molecule is COc1ccc(C(=O)NCCc2nc3c(F)cccc3n2C)cc1. The van der Waals surface area contributed by atoms with Gasteiger partial charge < -0.3 is 14.6 Å². The van der Waals surface area contributed by atoms with E-state index < -0.39 is 0 Å². The molecule has 1 heterocycles. The molecular weight excluding hydrogens is 309 g/mol. The number of ether oxygens (including phenoxy) is 1. The fourth-order valence-corrected chi connectivity index (χ4v) is 2.58. The number of methoxy groups -OCH3 is 1. The topological polar surface area (TPSA) is 56.1 Å². The lowest BCUT2D eigenvalue weighted by Gasteiger charge is -2.06. The molecule has 0 unspecified atom stereocenters. The number of fused-ring (bicyclic) bond motifs is 1. The highest BCUT2D eigenvalue weighted by atomic mass is 19.1. The van der Waals surface area contributed by atoms with Crippen molar-refractivity contribution in [3.63, 3.8) is 0 Å². The number of halogens is 1. The molecule has 1 aromatic heterocycles. The first-order valence-corrected chi connectivity index (χ1v) is 7.62. The van der Waals surface area contributed by atoms with Gasteiger partial charge in [-0.2, -0.15) is 0 Å². The van der Waals surface area contributed by atoms with Crippen molar-refractivity contribution in [3.8, 4) is 5.75 Å². The standard InChI is InChI=1S/C18H18FN3O2/c1-22-15-5-3-4-14(19)17(15)21-16(22)10-11-20-18(23)12-6-8-13(24-2)9-7-12/h3-9H,10-11H2,1-2H3,(H,20,23). The molecule has 0 aliphatic heterocycles. The molecular formula is C18H18FN3O2. The number of hydrogen-bond acceptors (Lipinski definition) is 3. The van der Waals surface area contributed by atoms with E-state index in [4.69, 9.17) is 4.74 Å². The average molecular weight is 327 g/mol. The van der Waals surface area contributed by atoms with E-state index in [0.29, 0.717) is 29.8 Å². The van der Waals surface area contributed by atoms with Gasteiger partial charge in [0.15, 0.2) is 5.82 Å². The molecule has 0 aliphatic carbocycles. The Labute approximate surface area is 139 Å². The number of aromatic nitrogens is 2. The summed E-state index contributed by atoms with van der Waals surface area (Å²) >= 11 is 0. The van der Waals surface area contributed by atoms with Crippen LogP contribution in [0.4, 0.5) is 4.39 Å². The minimum Gasteiger partial charge on any atom is -0.497 e. The van der Waals surface area contributed by atoms with E-state index in [0.717, 1.165) is 11.3 Å². The first-order chi connectivity index (χ1) is 11.6. The number of carbonyl (C=O) groups is 1. The second-order valence-electron chi connectivity index (χ2n) is 5.43. The average Bonchev–Trinajstić information content (AvgIpc) is 2.93. The molecule has 0 saturated heterocycles. The van der Waals surface area contributed by atoms with Crippen molar-refractivity contribution in [2.45, 2.75) is 6.42 Å². The Kier molecular flexibility index (Phi) is 4.46. The largest absolute Gasteiger partial charge is 0.497 e. The molecule has 0 fully saturated rings. The maximum absolute atomic E-state index is 13.8. The normalized spacial score (nSPS) is 10.8. The molecule has 3 aromatic rings. The highest BCUT2D eigenvalue weighted by Crippen LogP contribution is 2.18. The van der Waals surface area contributed by atoms with E-state index in [-0.39, 0.29) is 11.7 Å². The number of carbonyl (C=O) groups excluding carboxylic acids is 1. The Morgan fingerprint density at radius 2 is 2.00 bits per heavy atom. The summed E-state index contributed by atoms with van der Waals surface area (Å²) in [5, 5.41) is 2.84. The minimum atomic E-state index is -0.336. The molecule has 1 amide bonds. The molecule has 0 spiro atoms. The van der Waals surface area contributed by atoms with Crippen LogP contribution < -0.4 is 10.1 Å². The van der Waals surface area contributed by atoms with Crippen LogP contribution in [0.3, 0.4) is 0 Å². The lowest BCUT2D eigenvalue weighted by Crippen LogP contribution is -2.26. The van der Waals surface area contributed by atoms with Crippen LogP contribution in [0.15, 0.2) is 42.5 Å². The maximum atomic E-state index is 13.8. The Balaban J connectivity index is 1.64. The number of para-hydroxylation sites is 1. The van der Waals surface area contributed by atoms with Crippen LogP contribution in [-0.4, -0.2) is 29.1 Å². The lowest BCUT2D eigenvalue weighted by molar-refractivity contribution is 0.0954. The zero-order chi connectivity index (χ0) is 17.1. The van der Waals surface area contributed by atoms with Crippen molar-refractivity contribution in [2.75, 3.05) is 13.7 Å². The van der Waals surface area contributed by atoms with E-state index in [1.165, 1.54) is 6.07 Å². The van der Waals surface area contributed by atoms with Crippen molar-refractivity contribution in [3.05, 3.63) is 59.7 Å². The molecule has 3 rings (SSSR count). The van der Waals surface area contributed by atoms with Crippen molar-refractivity contribution >= 4 is 16.9 Å². The van der Waals surface area contributed by atoms with E-state index in [9.17, 15) is 9.18 Å². The van der Waals surface area contributed by atoms with E-state index >= 15 is 0 Å². The summed E-state index contributed by atoms with van der Waals surface area (Å²) in [6, 6.07) is 11.8. The third kappa shape index (κ3) is 3.08. The highest BCUT2D eigenvalue weighted by molar-refractivity contribution is 5.94. The Bertz CT molecular complexity index is 872. The molecule has 0 atom stereocenters. The number of rotatable bonds is 5. The Hall–Kier alpha value is -2.89. The van der Waals surface area contributed by atoms with Gasteiger partial charge in [-0.25, -0.2) is 9.37 Å². The van der Waals surface area contributed by atoms with Crippen molar-refractivity contribution in [2.24, 2.45) is 7.05 Å². The predicted molar refractivity (Wildman–Crippen MR) is 89.7 cm³/mol. The molecule has 1 N–H and O–H groups in total. The van der Waals surface area contributed by atoms with Crippen LogP contribution in [0.2, 0.25) is 0 Å². The first-order valence-electron chi connectivity index (χ1n) is 7.62. The fraction of sp³-hybridized carbons (Fsp3) is 0.222. The summed E-state index contributed by atoms with van der Waals surface area (Å²) in [4.78, 5) is 16.4. The molecule has 6 heteroatoms. The van der Waals surface area contributed by atoms with Gasteiger partial charge in [0, 0.05) is 25.6 Å². The van der Waals surface area contributed by atoms with Gasteiger partial charge in [0.25, 0.3) is 5.91 Å². The summed E-state index contributed by atoms with van der Waals surface area (Å²) < 4.78 is 20.7. The molecule has 0 radical (unpaired) electrons. The Morgan fingerprint density at radius 3 is 2.67 bits per heavy atom. The van der Waals surface area contributed by atoms with E-state index in [2.05, 4.69) is 10.3 Å². The third-order valence-corrected chi connectivity index (χ3v) is 3.94. The zero-order valence-corrected chi connectivity index (χ0v) is 13.5. The number of imidazole rings is 1. The second kappa shape index (κ2) is 6.70. The second-order valence-corrected chi connectivity index (χ2v) is 5.43. The summed E-state index contributed by atoms with van der Waals surface area (Å²) in [5.74, 6) is 0.928. The molecule has 5 nitrogen and oxygen atoms in total. The molecule has 0 aliphatic rings. The van der Waals surface area contributed by atoms with Crippen molar-refractivity contribution in [1.29, 1.82) is 0 Å². The maximum Gasteiger partial charge on any atom is 0.251 e. The number of aryl methyl sites for hydroxylation is 1. The Morgan fingerprint density at radius 1 is 1.25 bits per heavy atom. The lowest BCUT2D eigenvalue weighted by atomic mass is 10.2. The summed E-state index contributed by atoms with van der Waals surface area (Å²) in [7, 11) is 3.42. The highest BCUT2D eigenvalue weighted by Gasteiger charge is 2.11. The van der Waals surface area contributed by atoms with Crippen LogP contribution in [0, 0.1) is 5.82 Å². The molecule has 0 saturated carbocycles. The van der Waals surface area contributed by atoms with E-state index in [1.807, 2.05) is 17.7 Å². The summed E-state index contributed by atoms with van der Waals surface area (Å²) in [5.41, 5.74) is 1.66. The van der Waals surface area contributed by atoms with Crippen molar-refractivity contribution < 1.29 is 13.9 Å². The van der Waals surface area contributed by atoms with Gasteiger partial charge in [-0.15, -0.1) is 0 Å². The van der Waals surface area contributed by atoms with Gasteiger partial charge >= 0.3 is 0 Å². The van der Waals surface area contributed by atoms with Gasteiger partial charge in [0.1, 0.15) is 17.1 Å². The van der Waals surface area contributed by atoms with Crippen LogP contribution in [0.5, 0.6) is 5.75 Å². The number of benzene rings is 2. The van der Waals surface area contributed by atoms with Gasteiger partial charge in [0.05, 0.1) is 12.6 Å². The summed E-state index contributed by atoms with van der Waals surface area (Å²) in [6.45, 7) is 0.420.